The van der Waals surface area contributed by atoms with Crippen molar-refractivity contribution in [3.8, 4) is 11.1 Å². The number of hydrogen-bond donors (Lipinski definition) is 1. The van der Waals surface area contributed by atoms with Crippen LogP contribution in [0.25, 0.3) is 21.9 Å². The first-order valence-electron chi connectivity index (χ1n) is 11.7. The highest BCUT2D eigenvalue weighted by molar-refractivity contribution is 7.99. The van der Waals surface area contributed by atoms with Gasteiger partial charge in [-0.25, -0.2) is 17.9 Å². The van der Waals surface area contributed by atoms with Crippen LogP contribution in [0.2, 0.25) is 0 Å². The Balaban J connectivity index is 1.63. The molecule has 0 bridgehead atoms. The number of thioether (sulfide) groups is 1. The molecule has 0 unspecified atom stereocenters. The first-order chi connectivity index (χ1) is 18.5. The molecule has 1 aliphatic rings. The fourth-order valence-electron chi connectivity index (χ4n) is 4.61. The van der Waals surface area contributed by atoms with E-state index in [0.717, 1.165) is 30.0 Å². The molecule has 1 N–H and O–H groups in total. The van der Waals surface area contributed by atoms with Gasteiger partial charge in [-0.05, 0) is 34.7 Å². The van der Waals surface area contributed by atoms with Crippen LogP contribution in [-0.2, 0) is 32.3 Å². The van der Waals surface area contributed by atoms with Gasteiger partial charge in [-0.3, -0.25) is 9.36 Å². The summed E-state index contributed by atoms with van der Waals surface area (Å²) in [5.41, 5.74) is -0.962. The predicted molar refractivity (Wildman–Crippen MR) is 141 cm³/mol. The van der Waals surface area contributed by atoms with E-state index in [1.807, 2.05) is 0 Å². The minimum atomic E-state index is -4.62. The second-order valence-corrected chi connectivity index (χ2v) is 11.5. The number of carbonyl (C=O) groups is 1. The monoisotopic (exact) mass is 574 g/mol. The largest absolute Gasteiger partial charge is 0.467 e. The second kappa shape index (κ2) is 10.2. The molecule has 3 aromatic carbocycles. The van der Waals surface area contributed by atoms with Crippen LogP contribution in [0.3, 0.4) is 0 Å². The summed E-state index contributed by atoms with van der Waals surface area (Å²) in [6.07, 6.45) is -4.62. The Morgan fingerprint density at radius 3 is 2.54 bits per heavy atom. The standard InChI is InChI=1S/C27H21F3N2O5S2/c1-37-26(34)21-15-38-25-24(17-8-4-9-19(12-17)27(28,29)30)18(13-23(33)32(21)25)14-31-39(35,36)22-11-5-7-16-6-2-3-10-20(16)22/h2-13,21,31H,14-15H2,1H3/t21-/m0/s1. The van der Waals surface area contributed by atoms with Gasteiger partial charge >= 0.3 is 12.1 Å². The summed E-state index contributed by atoms with van der Waals surface area (Å²) in [6, 6.07) is 16.5. The van der Waals surface area contributed by atoms with Crippen molar-refractivity contribution in [3.05, 3.63) is 94.3 Å². The predicted octanol–water partition coefficient (Wildman–Crippen LogP) is 4.99. The molecule has 1 atom stereocenters. The van der Waals surface area contributed by atoms with Crippen LogP contribution in [0.4, 0.5) is 13.2 Å². The zero-order chi connectivity index (χ0) is 27.9. The molecule has 202 valence electrons. The van der Waals surface area contributed by atoms with Gasteiger partial charge in [0, 0.05) is 29.3 Å². The Labute approximate surface area is 225 Å². The van der Waals surface area contributed by atoms with Gasteiger partial charge in [0.25, 0.3) is 5.56 Å². The number of rotatable bonds is 6. The number of carbonyl (C=O) groups excluding carboxylic acids is 1. The molecule has 0 radical (unpaired) electrons. The van der Waals surface area contributed by atoms with Crippen molar-refractivity contribution >= 4 is 38.5 Å². The van der Waals surface area contributed by atoms with Crippen molar-refractivity contribution in [1.29, 1.82) is 0 Å². The van der Waals surface area contributed by atoms with E-state index in [-0.39, 0.29) is 38.9 Å². The highest BCUT2D eigenvalue weighted by atomic mass is 32.2. The van der Waals surface area contributed by atoms with Gasteiger partial charge in [0.1, 0.15) is 6.04 Å². The maximum Gasteiger partial charge on any atom is 0.416 e. The van der Waals surface area contributed by atoms with Crippen LogP contribution >= 0.6 is 11.8 Å². The molecule has 1 aromatic heterocycles. The number of halogens is 3. The number of nitrogens with one attached hydrogen (secondary N) is 1. The lowest BCUT2D eigenvalue weighted by molar-refractivity contribution is -0.144. The molecule has 0 spiro atoms. The quantitative estimate of drug-likeness (QED) is 0.327. The molecule has 0 saturated carbocycles. The third-order valence-corrected chi connectivity index (χ3v) is 9.04. The lowest BCUT2D eigenvalue weighted by atomic mass is 9.99. The Morgan fingerprint density at radius 2 is 1.79 bits per heavy atom. The summed E-state index contributed by atoms with van der Waals surface area (Å²) in [6.45, 7) is -0.371. The summed E-state index contributed by atoms with van der Waals surface area (Å²) in [5.74, 6) is -0.526. The molecular formula is C27H21F3N2O5S2. The molecular weight excluding hydrogens is 553 g/mol. The van der Waals surface area contributed by atoms with E-state index in [9.17, 15) is 31.2 Å². The van der Waals surface area contributed by atoms with Crippen molar-refractivity contribution in [2.45, 2.75) is 28.7 Å². The molecule has 0 amide bonds. The lowest BCUT2D eigenvalue weighted by Gasteiger charge is -2.19. The smallest absolute Gasteiger partial charge is 0.416 e. The zero-order valence-corrected chi connectivity index (χ0v) is 22.0. The van der Waals surface area contributed by atoms with Gasteiger partial charge in [0.05, 0.1) is 22.6 Å². The molecule has 39 heavy (non-hydrogen) atoms. The van der Waals surface area contributed by atoms with Gasteiger partial charge in [0.2, 0.25) is 10.0 Å². The molecule has 0 fully saturated rings. The van der Waals surface area contributed by atoms with Crippen LogP contribution in [0, 0.1) is 0 Å². The van der Waals surface area contributed by atoms with E-state index in [1.54, 1.807) is 36.4 Å². The Morgan fingerprint density at radius 1 is 1.08 bits per heavy atom. The van der Waals surface area contributed by atoms with Crippen LogP contribution in [0.5, 0.6) is 0 Å². The van der Waals surface area contributed by atoms with Gasteiger partial charge < -0.3 is 4.74 Å². The molecule has 5 rings (SSSR count). The van der Waals surface area contributed by atoms with E-state index in [4.69, 9.17) is 4.74 Å². The molecule has 4 aromatic rings. The Bertz CT molecular complexity index is 1760. The average molecular weight is 575 g/mol. The zero-order valence-electron chi connectivity index (χ0n) is 20.4. The SMILES string of the molecule is COC(=O)[C@@H]1CSc2c(-c3cccc(C(F)(F)F)c3)c(CNS(=O)(=O)c3cccc4ccccc34)cc(=O)n21. The second-order valence-electron chi connectivity index (χ2n) is 8.79. The third-order valence-electron chi connectivity index (χ3n) is 6.42. The van der Waals surface area contributed by atoms with Crippen molar-refractivity contribution < 1.29 is 31.1 Å². The average Bonchev–Trinajstić information content (AvgIpc) is 3.36. The van der Waals surface area contributed by atoms with Gasteiger partial charge in [-0.1, -0.05) is 48.5 Å². The molecule has 0 aliphatic carbocycles. The Hall–Kier alpha value is -3.61. The number of nitrogens with zero attached hydrogens (tertiary/aromatic N) is 1. The van der Waals surface area contributed by atoms with Crippen LogP contribution in [0.1, 0.15) is 17.2 Å². The summed E-state index contributed by atoms with van der Waals surface area (Å²) in [4.78, 5) is 25.5. The maximum absolute atomic E-state index is 13.5. The summed E-state index contributed by atoms with van der Waals surface area (Å²) in [7, 11) is -2.91. The van der Waals surface area contributed by atoms with Crippen molar-refractivity contribution in [2.75, 3.05) is 12.9 Å². The van der Waals surface area contributed by atoms with Gasteiger partial charge in [-0.15, -0.1) is 11.8 Å². The van der Waals surface area contributed by atoms with Crippen LogP contribution in [-0.4, -0.2) is 31.8 Å². The molecule has 1 aliphatic heterocycles. The van der Waals surface area contributed by atoms with E-state index < -0.39 is 39.3 Å². The number of fused-ring (bicyclic) bond motifs is 2. The molecule has 0 saturated heterocycles. The third kappa shape index (κ3) is 5.07. The topological polar surface area (TPSA) is 94.5 Å². The number of ether oxygens (including phenoxy) is 1. The number of pyridine rings is 1. The summed E-state index contributed by atoms with van der Waals surface area (Å²) < 4.78 is 75.8. The number of hydrogen-bond acceptors (Lipinski definition) is 6. The van der Waals surface area contributed by atoms with Crippen molar-refractivity contribution in [1.82, 2.24) is 9.29 Å². The van der Waals surface area contributed by atoms with Gasteiger partial charge in [-0.2, -0.15) is 13.2 Å². The van der Waals surface area contributed by atoms with Crippen molar-refractivity contribution in [3.63, 3.8) is 0 Å². The first-order valence-corrected chi connectivity index (χ1v) is 14.1. The number of aromatic nitrogens is 1. The fraction of sp³-hybridized carbons (Fsp3) is 0.185. The molecule has 2 heterocycles. The minimum absolute atomic E-state index is 0.0271. The van der Waals surface area contributed by atoms with Crippen LogP contribution < -0.4 is 10.3 Å². The maximum atomic E-state index is 13.5. The summed E-state index contributed by atoms with van der Waals surface area (Å²) in [5, 5.41) is 1.47. The number of methoxy groups -OCH3 is 1. The van der Waals surface area contributed by atoms with Gasteiger partial charge in [0.15, 0.2) is 0 Å². The van der Waals surface area contributed by atoms with E-state index in [1.165, 1.54) is 29.9 Å². The van der Waals surface area contributed by atoms with E-state index >= 15 is 0 Å². The first kappa shape index (κ1) is 27.0. The minimum Gasteiger partial charge on any atom is -0.467 e. The number of esters is 1. The van der Waals surface area contributed by atoms with E-state index in [0.29, 0.717) is 10.8 Å². The molecule has 12 heteroatoms. The highest BCUT2D eigenvalue weighted by Gasteiger charge is 2.35. The van der Waals surface area contributed by atoms with Crippen LogP contribution in [0.15, 0.2) is 87.5 Å². The fourth-order valence-corrected chi connectivity index (χ4v) is 7.19. The number of sulfonamides is 1. The Kier molecular flexibility index (Phi) is 7.04. The normalized spacial score (nSPS) is 15.3. The van der Waals surface area contributed by atoms with E-state index in [2.05, 4.69) is 4.72 Å². The highest BCUT2D eigenvalue weighted by Crippen LogP contribution is 2.42. The summed E-state index contributed by atoms with van der Waals surface area (Å²) >= 11 is 1.12. The number of alkyl halides is 3. The number of benzene rings is 3. The lowest BCUT2D eigenvalue weighted by Crippen LogP contribution is -2.31. The van der Waals surface area contributed by atoms with Crippen molar-refractivity contribution in [2.24, 2.45) is 0 Å². The molecule has 7 nitrogen and oxygen atoms in total.